The first-order valence-electron chi connectivity index (χ1n) is 10.7. The van der Waals surface area contributed by atoms with Crippen LogP contribution in [-0.2, 0) is 9.59 Å². The Bertz CT molecular complexity index is 768. The van der Waals surface area contributed by atoms with Crippen LogP contribution in [-0.4, -0.2) is 84.9 Å². The van der Waals surface area contributed by atoms with Gasteiger partial charge in [-0.25, -0.2) is 0 Å². The van der Waals surface area contributed by atoms with Gasteiger partial charge in [0, 0.05) is 51.8 Å². The molecule has 0 bridgehead atoms. The summed E-state index contributed by atoms with van der Waals surface area (Å²) < 4.78 is 11.4. The molecule has 0 radical (unpaired) electrons. The van der Waals surface area contributed by atoms with Crippen LogP contribution >= 0.6 is 0 Å². The number of carbonyl (C=O) groups excluding carboxylic acids is 3. The number of hydrogen-bond donors (Lipinski definition) is 0. The predicted molar refractivity (Wildman–Crippen MR) is 112 cm³/mol. The standard InChI is InChI=1S/C22H31N3O5/c1-3-29-20-15-18(22(28)25-13-11-23(12-14-25)17(2)26)7-8-19(20)30-16-21(27)24-9-5-4-6-10-24/h7-8,15H,3-6,9-14,16H2,1-2H3. The summed E-state index contributed by atoms with van der Waals surface area (Å²) in [5.41, 5.74) is 0.504. The third kappa shape index (κ3) is 5.43. The normalized spacial score (nSPS) is 16.9. The molecule has 8 nitrogen and oxygen atoms in total. The van der Waals surface area contributed by atoms with Crippen LogP contribution in [0.3, 0.4) is 0 Å². The second-order valence-corrected chi connectivity index (χ2v) is 7.62. The lowest BCUT2D eigenvalue weighted by Gasteiger charge is -2.34. The van der Waals surface area contributed by atoms with Crippen LogP contribution in [0, 0.1) is 0 Å². The first-order valence-corrected chi connectivity index (χ1v) is 10.7. The number of ether oxygens (including phenoxy) is 2. The molecule has 2 heterocycles. The first kappa shape index (κ1) is 21.9. The zero-order valence-corrected chi connectivity index (χ0v) is 17.9. The van der Waals surface area contributed by atoms with Gasteiger partial charge in [-0.15, -0.1) is 0 Å². The van der Waals surface area contributed by atoms with Crippen LogP contribution in [0.25, 0.3) is 0 Å². The highest BCUT2D eigenvalue weighted by molar-refractivity contribution is 5.95. The number of piperidine rings is 1. The summed E-state index contributed by atoms with van der Waals surface area (Å²) in [6.07, 6.45) is 3.24. The van der Waals surface area contributed by atoms with Gasteiger partial charge < -0.3 is 24.2 Å². The van der Waals surface area contributed by atoms with E-state index in [0.29, 0.717) is 49.8 Å². The molecule has 2 aliphatic heterocycles. The number of piperazine rings is 1. The smallest absolute Gasteiger partial charge is 0.260 e. The Morgan fingerprint density at radius 2 is 1.50 bits per heavy atom. The van der Waals surface area contributed by atoms with Gasteiger partial charge in [-0.3, -0.25) is 14.4 Å². The molecular weight excluding hydrogens is 386 g/mol. The number of hydrogen-bond acceptors (Lipinski definition) is 5. The highest BCUT2D eigenvalue weighted by Crippen LogP contribution is 2.29. The molecule has 0 spiro atoms. The molecule has 2 aliphatic rings. The van der Waals surface area contributed by atoms with Crippen molar-refractivity contribution in [2.24, 2.45) is 0 Å². The van der Waals surface area contributed by atoms with E-state index in [2.05, 4.69) is 0 Å². The largest absolute Gasteiger partial charge is 0.490 e. The molecule has 30 heavy (non-hydrogen) atoms. The summed E-state index contributed by atoms with van der Waals surface area (Å²) in [6.45, 7) is 7.44. The van der Waals surface area contributed by atoms with Gasteiger partial charge in [0.2, 0.25) is 5.91 Å². The minimum absolute atomic E-state index is 0.0272. The minimum atomic E-state index is -0.102. The van der Waals surface area contributed by atoms with Gasteiger partial charge in [-0.1, -0.05) is 0 Å². The summed E-state index contributed by atoms with van der Waals surface area (Å²) in [5, 5.41) is 0. The quantitative estimate of drug-likeness (QED) is 0.705. The number of nitrogens with zero attached hydrogens (tertiary/aromatic N) is 3. The van der Waals surface area contributed by atoms with Crippen LogP contribution in [0.5, 0.6) is 11.5 Å². The van der Waals surface area contributed by atoms with Crippen molar-refractivity contribution in [2.45, 2.75) is 33.1 Å². The van der Waals surface area contributed by atoms with Crippen LogP contribution in [0.15, 0.2) is 18.2 Å². The van der Waals surface area contributed by atoms with Crippen LogP contribution in [0.4, 0.5) is 0 Å². The summed E-state index contributed by atoms with van der Waals surface area (Å²) in [4.78, 5) is 42.0. The van der Waals surface area contributed by atoms with Crippen molar-refractivity contribution in [3.63, 3.8) is 0 Å². The lowest BCUT2D eigenvalue weighted by Crippen LogP contribution is -2.50. The van der Waals surface area contributed by atoms with Crippen molar-refractivity contribution in [1.29, 1.82) is 0 Å². The van der Waals surface area contributed by atoms with E-state index < -0.39 is 0 Å². The second-order valence-electron chi connectivity index (χ2n) is 7.62. The van der Waals surface area contributed by atoms with Gasteiger partial charge in [-0.05, 0) is 44.4 Å². The zero-order valence-electron chi connectivity index (χ0n) is 17.9. The highest BCUT2D eigenvalue weighted by atomic mass is 16.5. The Morgan fingerprint density at radius 3 is 2.13 bits per heavy atom. The summed E-state index contributed by atoms with van der Waals surface area (Å²) in [7, 11) is 0. The second kappa shape index (κ2) is 10.3. The lowest BCUT2D eigenvalue weighted by molar-refractivity contribution is -0.134. The Morgan fingerprint density at radius 1 is 0.833 bits per heavy atom. The molecule has 0 atom stereocenters. The van der Waals surface area contributed by atoms with E-state index >= 15 is 0 Å². The first-order chi connectivity index (χ1) is 14.5. The molecule has 3 rings (SSSR count). The lowest BCUT2D eigenvalue weighted by atomic mass is 10.1. The fraction of sp³-hybridized carbons (Fsp3) is 0.591. The Labute approximate surface area is 177 Å². The average molecular weight is 418 g/mol. The number of benzene rings is 1. The van der Waals surface area contributed by atoms with E-state index in [0.717, 1.165) is 25.9 Å². The SMILES string of the molecule is CCOc1cc(C(=O)N2CCN(C(C)=O)CC2)ccc1OCC(=O)N1CCCCC1. The molecule has 0 saturated carbocycles. The van der Waals surface area contributed by atoms with Gasteiger partial charge in [0.25, 0.3) is 11.8 Å². The topological polar surface area (TPSA) is 79.4 Å². The van der Waals surface area contributed by atoms with Crippen molar-refractivity contribution in [3.8, 4) is 11.5 Å². The molecule has 1 aromatic carbocycles. The van der Waals surface area contributed by atoms with Gasteiger partial charge in [0.15, 0.2) is 18.1 Å². The van der Waals surface area contributed by atoms with E-state index in [9.17, 15) is 14.4 Å². The van der Waals surface area contributed by atoms with E-state index in [1.807, 2.05) is 11.8 Å². The van der Waals surface area contributed by atoms with Crippen molar-refractivity contribution in [2.75, 3.05) is 52.5 Å². The van der Waals surface area contributed by atoms with Gasteiger partial charge >= 0.3 is 0 Å². The third-order valence-electron chi connectivity index (χ3n) is 5.56. The molecule has 2 fully saturated rings. The van der Waals surface area contributed by atoms with E-state index in [1.165, 1.54) is 6.42 Å². The molecule has 0 aliphatic carbocycles. The number of amides is 3. The Kier molecular flexibility index (Phi) is 7.54. The number of carbonyl (C=O) groups is 3. The fourth-order valence-electron chi connectivity index (χ4n) is 3.81. The molecule has 1 aromatic rings. The average Bonchev–Trinajstić information content (AvgIpc) is 2.78. The van der Waals surface area contributed by atoms with Crippen LogP contribution in [0.1, 0.15) is 43.5 Å². The third-order valence-corrected chi connectivity index (χ3v) is 5.56. The van der Waals surface area contributed by atoms with Crippen LogP contribution < -0.4 is 9.47 Å². The fourth-order valence-corrected chi connectivity index (χ4v) is 3.81. The Hall–Kier alpha value is -2.77. The van der Waals surface area contributed by atoms with Crippen molar-refractivity contribution < 1.29 is 23.9 Å². The molecule has 0 unspecified atom stereocenters. The summed E-state index contributed by atoms with van der Waals surface area (Å²) in [6, 6.07) is 5.06. The van der Waals surface area contributed by atoms with Crippen molar-refractivity contribution in [1.82, 2.24) is 14.7 Å². The van der Waals surface area contributed by atoms with Crippen LogP contribution in [0.2, 0.25) is 0 Å². The molecular formula is C22H31N3O5. The van der Waals surface area contributed by atoms with Gasteiger partial charge in [0.05, 0.1) is 6.61 Å². The van der Waals surface area contributed by atoms with E-state index in [1.54, 1.807) is 34.9 Å². The van der Waals surface area contributed by atoms with Crippen molar-refractivity contribution in [3.05, 3.63) is 23.8 Å². The van der Waals surface area contributed by atoms with E-state index in [-0.39, 0.29) is 24.3 Å². The Balaban J connectivity index is 1.63. The molecule has 164 valence electrons. The van der Waals surface area contributed by atoms with Gasteiger partial charge in [-0.2, -0.15) is 0 Å². The molecule has 8 heteroatoms. The van der Waals surface area contributed by atoms with E-state index in [4.69, 9.17) is 9.47 Å². The zero-order chi connectivity index (χ0) is 21.5. The number of likely N-dealkylation sites (tertiary alicyclic amines) is 1. The van der Waals surface area contributed by atoms with Crippen molar-refractivity contribution >= 4 is 17.7 Å². The molecule has 0 N–H and O–H groups in total. The van der Waals surface area contributed by atoms with Gasteiger partial charge in [0.1, 0.15) is 0 Å². The number of rotatable bonds is 6. The monoisotopic (exact) mass is 417 g/mol. The molecule has 3 amide bonds. The predicted octanol–water partition coefficient (Wildman–Crippen LogP) is 1.78. The summed E-state index contributed by atoms with van der Waals surface area (Å²) in [5.74, 6) is 0.814. The summed E-state index contributed by atoms with van der Waals surface area (Å²) >= 11 is 0. The highest BCUT2D eigenvalue weighted by Gasteiger charge is 2.24. The maximum atomic E-state index is 12.9. The maximum Gasteiger partial charge on any atom is 0.260 e. The minimum Gasteiger partial charge on any atom is -0.490 e. The molecule has 0 aromatic heterocycles. The molecule has 2 saturated heterocycles. The maximum absolute atomic E-state index is 12.9.